The van der Waals surface area contributed by atoms with Gasteiger partial charge in [-0.3, -0.25) is 0 Å². The number of pyridine rings is 1. The molecule has 0 bridgehead atoms. The lowest BCUT2D eigenvalue weighted by Gasteiger charge is -1.98. The Hall–Kier alpha value is -2.47. The molecule has 0 fully saturated rings. The van der Waals surface area contributed by atoms with Crippen LogP contribution in [-0.2, 0) is 9.53 Å². The van der Waals surface area contributed by atoms with E-state index in [1.807, 2.05) is 17.5 Å². The second-order valence-electron chi connectivity index (χ2n) is 3.94. The topological polar surface area (TPSA) is 60.8 Å². The minimum Gasteiger partial charge on any atom is -0.481 e. The number of hydrogen-bond donors (Lipinski definition) is 0. The Bertz CT molecular complexity index is 705. The molecule has 0 aromatic carbocycles. The Kier molecular flexibility index (Phi) is 3.30. The summed E-state index contributed by atoms with van der Waals surface area (Å²) in [5, 5.41) is 1.90. The molecule has 100 valence electrons. The number of aliphatic imine (C=N–C) groups is 1. The van der Waals surface area contributed by atoms with Crippen LogP contribution in [0.25, 0.3) is 6.08 Å². The number of nitrogens with zero attached hydrogens (tertiary/aromatic N) is 2. The van der Waals surface area contributed by atoms with E-state index in [2.05, 4.69) is 9.98 Å². The maximum absolute atomic E-state index is 11.8. The van der Waals surface area contributed by atoms with Crippen molar-refractivity contribution in [3.63, 3.8) is 0 Å². The van der Waals surface area contributed by atoms with Crippen LogP contribution < -0.4 is 4.74 Å². The average molecular weight is 286 g/mol. The molecule has 0 aliphatic carbocycles. The molecule has 0 amide bonds. The minimum absolute atomic E-state index is 0.265. The van der Waals surface area contributed by atoms with Crippen LogP contribution in [0.4, 0.5) is 0 Å². The van der Waals surface area contributed by atoms with Crippen molar-refractivity contribution < 1.29 is 14.3 Å². The normalized spacial score (nSPS) is 16.1. The van der Waals surface area contributed by atoms with Crippen LogP contribution in [0.15, 0.2) is 46.5 Å². The van der Waals surface area contributed by atoms with Gasteiger partial charge in [0, 0.05) is 12.3 Å². The van der Waals surface area contributed by atoms with E-state index in [0.29, 0.717) is 11.8 Å². The average Bonchev–Trinajstić information content (AvgIpc) is 3.10. The molecule has 3 heterocycles. The molecule has 0 atom stereocenters. The number of carbonyl (C=O) groups excluding carboxylic acids is 1. The van der Waals surface area contributed by atoms with Crippen LogP contribution in [0.5, 0.6) is 5.88 Å². The monoisotopic (exact) mass is 286 g/mol. The summed E-state index contributed by atoms with van der Waals surface area (Å²) in [5.41, 5.74) is 1.04. The van der Waals surface area contributed by atoms with Gasteiger partial charge in [0.15, 0.2) is 5.70 Å². The van der Waals surface area contributed by atoms with E-state index in [0.717, 1.165) is 10.4 Å². The number of carbonyl (C=O) groups is 1. The fourth-order valence-corrected chi connectivity index (χ4v) is 2.35. The van der Waals surface area contributed by atoms with Gasteiger partial charge >= 0.3 is 5.97 Å². The lowest BCUT2D eigenvalue weighted by atomic mass is 10.2. The van der Waals surface area contributed by atoms with Gasteiger partial charge in [-0.25, -0.2) is 14.8 Å². The molecule has 1 aliphatic heterocycles. The number of rotatable bonds is 3. The Morgan fingerprint density at radius 1 is 1.40 bits per heavy atom. The first-order chi connectivity index (χ1) is 9.76. The van der Waals surface area contributed by atoms with Crippen molar-refractivity contribution in [2.24, 2.45) is 4.99 Å². The highest BCUT2D eigenvalue weighted by Crippen LogP contribution is 2.22. The first-order valence-electron chi connectivity index (χ1n) is 5.83. The molecule has 2 aromatic rings. The van der Waals surface area contributed by atoms with E-state index < -0.39 is 5.97 Å². The zero-order chi connectivity index (χ0) is 13.9. The second-order valence-corrected chi connectivity index (χ2v) is 4.89. The number of methoxy groups -OCH3 is 1. The molecule has 0 spiro atoms. The summed E-state index contributed by atoms with van der Waals surface area (Å²) in [6, 6.07) is 7.22. The summed E-state index contributed by atoms with van der Waals surface area (Å²) < 4.78 is 10.2. The fourth-order valence-electron chi connectivity index (χ4n) is 1.70. The van der Waals surface area contributed by atoms with E-state index in [1.165, 1.54) is 18.4 Å². The van der Waals surface area contributed by atoms with Crippen molar-refractivity contribution in [3.8, 4) is 5.88 Å². The first-order valence-corrected chi connectivity index (χ1v) is 6.71. The number of esters is 1. The lowest BCUT2D eigenvalue weighted by molar-refractivity contribution is -0.129. The van der Waals surface area contributed by atoms with Crippen molar-refractivity contribution in [2.75, 3.05) is 7.11 Å². The van der Waals surface area contributed by atoms with Gasteiger partial charge in [-0.15, -0.1) is 11.3 Å². The molecule has 1 aliphatic rings. The molecule has 2 aromatic heterocycles. The third-order valence-electron chi connectivity index (χ3n) is 2.62. The number of aromatic nitrogens is 1. The first kappa shape index (κ1) is 12.6. The number of cyclic esters (lactones) is 1. The summed E-state index contributed by atoms with van der Waals surface area (Å²) in [4.78, 5) is 20.8. The van der Waals surface area contributed by atoms with Crippen molar-refractivity contribution in [2.45, 2.75) is 0 Å². The van der Waals surface area contributed by atoms with Crippen LogP contribution in [0.2, 0.25) is 0 Å². The van der Waals surface area contributed by atoms with E-state index in [9.17, 15) is 4.79 Å². The maximum atomic E-state index is 11.8. The zero-order valence-electron chi connectivity index (χ0n) is 10.6. The number of ether oxygens (including phenoxy) is 2. The molecule has 0 saturated carbocycles. The predicted molar refractivity (Wildman–Crippen MR) is 75.7 cm³/mol. The molecule has 0 unspecified atom stereocenters. The smallest absolute Gasteiger partial charge is 0.363 e. The fraction of sp³-hybridized carbons (Fsp3) is 0.0714. The highest BCUT2D eigenvalue weighted by molar-refractivity contribution is 7.12. The van der Waals surface area contributed by atoms with Gasteiger partial charge in [0.2, 0.25) is 11.8 Å². The van der Waals surface area contributed by atoms with Crippen LogP contribution >= 0.6 is 11.3 Å². The Morgan fingerprint density at radius 2 is 2.30 bits per heavy atom. The van der Waals surface area contributed by atoms with Crippen molar-refractivity contribution >= 4 is 29.3 Å². The van der Waals surface area contributed by atoms with Crippen molar-refractivity contribution in [1.29, 1.82) is 0 Å². The van der Waals surface area contributed by atoms with E-state index in [4.69, 9.17) is 9.47 Å². The standard InChI is InChI=1S/C14H10N2O3S/c1-18-12-8-9(4-5-15-12)7-10-14(17)19-13(16-10)11-3-2-6-20-11/h2-8H,1H3/b10-7+. The number of thiophene rings is 1. The molecule has 0 radical (unpaired) electrons. The van der Waals surface area contributed by atoms with Gasteiger partial charge < -0.3 is 9.47 Å². The van der Waals surface area contributed by atoms with Gasteiger partial charge in [-0.1, -0.05) is 6.07 Å². The minimum atomic E-state index is -0.454. The third kappa shape index (κ3) is 2.46. The number of hydrogen-bond acceptors (Lipinski definition) is 6. The third-order valence-corrected chi connectivity index (χ3v) is 3.48. The Morgan fingerprint density at radius 3 is 3.05 bits per heavy atom. The molecular weight excluding hydrogens is 276 g/mol. The van der Waals surface area contributed by atoms with Crippen LogP contribution in [-0.4, -0.2) is 24.0 Å². The summed E-state index contributed by atoms with van der Waals surface area (Å²) in [5.74, 6) is 0.370. The Balaban J connectivity index is 1.93. The molecule has 3 rings (SSSR count). The predicted octanol–water partition coefficient (Wildman–Crippen LogP) is 2.50. The van der Waals surface area contributed by atoms with Gasteiger partial charge in [0.05, 0.1) is 12.0 Å². The van der Waals surface area contributed by atoms with Crippen LogP contribution in [0.3, 0.4) is 0 Å². The SMILES string of the molecule is COc1cc(/C=C2/N=C(c3cccs3)OC2=O)ccn1. The Labute approximate surface area is 119 Å². The van der Waals surface area contributed by atoms with Crippen molar-refractivity contribution in [1.82, 2.24) is 4.98 Å². The highest BCUT2D eigenvalue weighted by Gasteiger charge is 2.24. The molecule has 5 nitrogen and oxygen atoms in total. The van der Waals surface area contributed by atoms with E-state index in [1.54, 1.807) is 24.4 Å². The molecule has 20 heavy (non-hydrogen) atoms. The molecular formula is C14H10N2O3S. The second kappa shape index (κ2) is 5.26. The van der Waals surface area contributed by atoms with E-state index >= 15 is 0 Å². The largest absolute Gasteiger partial charge is 0.481 e. The highest BCUT2D eigenvalue weighted by atomic mass is 32.1. The zero-order valence-corrected chi connectivity index (χ0v) is 11.4. The lowest BCUT2D eigenvalue weighted by Crippen LogP contribution is -2.03. The summed E-state index contributed by atoms with van der Waals surface area (Å²) >= 11 is 1.47. The van der Waals surface area contributed by atoms with Crippen molar-refractivity contribution in [3.05, 3.63) is 52.0 Å². The summed E-state index contributed by atoms with van der Waals surface area (Å²) in [7, 11) is 1.54. The van der Waals surface area contributed by atoms with E-state index in [-0.39, 0.29) is 5.70 Å². The van der Waals surface area contributed by atoms with Crippen LogP contribution in [0, 0.1) is 0 Å². The molecule has 0 saturated heterocycles. The summed E-state index contributed by atoms with van der Waals surface area (Å²) in [6.45, 7) is 0. The van der Waals surface area contributed by atoms with Gasteiger partial charge in [-0.2, -0.15) is 0 Å². The van der Waals surface area contributed by atoms with Gasteiger partial charge in [0.25, 0.3) is 0 Å². The van der Waals surface area contributed by atoms with Gasteiger partial charge in [0.1, 0.15) is 0 Å². The van der Waals surface area contributed by atoms with Crippen LogP contribution in [0.1, 0.15) is 10.4 Å². The maximum Gasteiger partial charge on any atom is 0.363 e. The quantitative estimate of drug-likeness (QED) is 0.642. The molecule has 0 N–H and O–H groups in total. The van der Waals surface area contributed by atoms with Gasteiger partial charge in [-0.05, 0) is 29.2 Å². The molecule has 6 heteroatoms. The summed E-state index contributed by atoms with van der Waals surface area (Å²) in [6.07, 6.45) is 3.25.